The predicted octanol–water partition coefficient (Wildman–Crippen LogP) is 1.46. The second-order valence-electron chi connectivity index (χ2n) is 4.79. The van der Waals surface area contributed by atoms with Gasteiger partial charge in [-0.05, 0) is 12.0 Å². The van der Waals surface area contributed by atoms with E-state index in [1.807, 2.05) is 37.3 Å². The van der Waals surface area contributed by atoms with Crippen molar-refractivity contribution in [2.75, 3.05) is 13.7 Å². The maximum atomic E-state index is 12.5. The summed E-state index contributed by atoms with van der Waals surface area (Å²) in [7, 11) is 1.36. The molecule has 0 bridgehead atoms. The summed E-state index contributed by atoms with van der Waals surface area (Å²) in [6.07, 6.45) is 0.996. The third-order valence-corrected chi connectivity index (χ3v) is 3.57. The van der Waals surface area contributed by atoms with Crippen LogP contribution in [-0.4, -0.2) is 36.6 Å². The second-order valence-corrected chi connectivity index (χ2v) is 4.79. The van der Waals surface area contributed by atoms with Gasteiger partial charge in [0, 0.05) is 6.54 Å². The van der Waals surface area contributed by atoms with Crippen LogP contribution in [0.3, 0.4) is 0 Å². The molecule has 1 aliphatic heterocycles. The minimum atomic E-state index is -0.321. The molecule has 5 nitrogen and oxygen atoms in total. The molecule has 1 N–H and O–H groups in total. The summed E-state index contributed by atoms with van der Waals surface area (Å²) in [6, 6.07) is 9.32. The van der Waals surface area contributed by atoms with Gasteiger partial charge in [0.2, 0.25) is 5.91 Å². The van der Waals surface area contributed by atoms with Gasteiger partial charge in [-0.2, -0.15) is 0 Å². The molecule has 5 heteroatoms. The van der Waals surface area contributed by atoms with Crippen LogP contribution in [0.15, 0.2) is 30.3 Å². The Balaban J connectivity index is 2.09. The molecule has 20 heavy (non-hydrogen) atoms. The molecule has 2 unspecified atom stereocenters. The standard InChI is InChI=1S/C15H20N2O3/c1-3-12-16-14(11-7-5-4-6-8-11)15(19)17(12)10-9-13(18)20-2/h4-8,12,14,16H,3,9-10H2,1-2H3. The lowest BCUT2D eigenvalue weighted by atomic mass is 10.1. The molecular formula is C15H20N2O3. The number of amides is 1. The maximum Gasteiger partial charge on any atom is 0.307 e. The number of carbonyl (C=O) groups excluding carboxylic acids is 2. The maximum absolute atomic E-state index is 12.5. The highest BCUT2D eigenvalue weighted by atomic mass is 16.5. The molecule has 0 radical (unpaired) electrons. The largest absolute Gasteiger partial charge is 0.469 e. The van der Waals surface area contributed by atoms with Crippen molar-refractivity contribution in [3.63, 3.8) is 0 Å². The topological polar surface area (TPSA) is 58.6 Å². The number of nitrogens with zero attached hydrogens (tertiary/aromatic N) is 1. The van der Waals surface area contributed by atoms with Crippen LogP contribution in [0.25, 0.3) is 0 Å². The van der Waals surface area contributed by atoms with Crippen molar-refractivity contribution in [2.45, 2.75) is 32.0 Å². The lowest BCUT2D eigenvalue weighted by Crippen LogP contribution is -2.38. The summed E-state index contributed by atoms with van der Waals surface area (Å²) < 4.78 is 4.63. The molecule has 1 fully saturated rings. The summed E-state index contributed by atoms with van der Waals surface area (Å²) >= 11 is 0. The van der Waals surface area contributed by atoms with Gasteiger partial charge in [0.15, 0.2) is 0 Å². The summed E-state index contributed by atoms with van der Waals surface area (Å²) in [5.74, 6) is -0.275. The van der Waals surface area contributed by atoms with Crippen molar-refractivity contribution < 1.29 is 14.3 Å². The molecule has 0 saturated carbocycles. The Kier molecular flexibility index (Phi) is 4.74. The van der Waals surface area contributed by atoms with Crippen molar-refractivity contribution in [3.05, 3.63) is 35.9 Å². The fourth-order valence-corrected chi connectivity index (χ4v) is 2.48. The number of nitrogens with one attached hydrogen (secondary N) is 1. The summed E-state index contributed by atoms with van der Waals surface area (Å²) in [5.41, 5.74) is 0.955. The average Bonchev–Trinajstić information content (AvgIpc) is 2.82. The van der Waals surface area contributed by atoms with Crippen LogP contribution in [0.4, 0.5) is 0 Å². The molecule has 2 atom stereocenters. The van der Waals surface area contributed by atoms with Gasteiger partial charge in [0.05, 0.1) is 19.7 Å². The van der Waals surface area contributed by atoms with E-state index in [2.05, 4.69) is 10.1 Å². The number of hydrogen-bond donors (Lipinski definition) is 1. The van der Waals surface area contributed by atoms with Crippen LogP contribution in [-0.2, 0) is 14.3 Å². The van der Waals surface area contributed by atoms with Gasteiger partial charge in [-0.25, -0.2) is 0 Å². The van der Waals surface area contributed by atoms with E-state index in [9.17, 15) is 9.59 Å². The first-order valence-electron chi connectivity index (χ1n) is 6.85. The Morgan fingerprint density at radius 3 is 2.65 bits per heavy atom. The molecule has 108 valence electrons. The van der Waals surface area contributed by atoms with Gasteiger partial charge in [0.1, 0.15) is 6.04 Å². The number of esters is 1. The van der Waals surface area contributed by atoms with Crippen LogP contribution in [0.5, 0.6) is 0 Å². The summed E-state index contributed by atoms with van der Waals surface area (Å²) in [4.78, 5) is 25.5. The van der Waals surface area contributed by atoms with Gasteiger partial charge < -0.3 is 9.64 Å². The molecule has 0 aliphatic carbocycles. The molecule has 1 aliphatic rings. The normalized spacial score (nSPS) is 22.1. The minimum Gasteiger partial charge on any atom is -0.469 e. The van der Waals surface area contributed by atoms with Gasteiger partial charge in [-0.1, -0.05) is 37.3 Å². The van der Waals surface area contributed by atoms with Crippen molar-refractivity contribution in [3.8, 4) is 0 Å². The highest BCUT2D eigenvalue weighted by Crippen LogP contribution is 2.25. The van der Waals surface area contributed by atoms with E-state index >= 15 is 0 Å². The first kappa shape index (κ1) is 14.5. The second kappa shape index (κ2) is 6.52. The molecule has 2 rings (SSSR count). The zero-order chi connectivity index (χ0) is 14.5. The number of carbonyl (C=O) groups is 2. The number of benzene rings is 1. The Morgan fingerprint density at radius 2 is 2.05 bits per heavy atom. The van der Waals surface area contributed by atoms with E-state index in [-0.39, 0.29) is 30.5 Å². The monoisotopic (exact) mass is 276 g/mol. The first-order valence-corrected chi connectivity index (χ1v) is 6.85. The number of ether oxygens (including phenoxy) is 1. The lowest BCUT2D eigenvalue weighted by molar-refractivity contribution is -0.141. The molecule has 0 aromatic heterocycles. The average molecular weight is 276 g/mol. The SMILES string of the molecule is CCC1NC(c2ccccc2)C(=O)N1CCC(=O)OC. The minimum absolute atomic E-state index is 0.0203. The van der Waals surface area contributed by atoms with Gasteiger partial charge >= 0.3 is 5.97 Å². The van der Waals surface area contributed by atoms with E-state index in [0.717, 1.165) is 12.0 Å². The molecule has 1 aromatic carbocycles. The fourth-order valence-electron chi connectivity index (χ4n) is 2.48. The highest BCUT2D eigenvalue weighted by Gasteiger charge is 2.38. The van der Waals surface area contributed by atoms with Crippen molar-refractivity contribution >= 4 is 11.9 Å². The van der Waals surface area contributed by atoms with Crippen molar-refractivity contribution in [2.24, 2.45) is 0 Å². The Bertz CT molecular complexity index is 475. The molecule has 1 amide bonds. The van der Waals surface area contributed by atoms with Crippen LogP contribution < -0.4 is 5.32 Å². The van der Waals surface area contributed by atoms with Crippen LogP contribution in [0, 0.1) is 0 Å². The number of rotatable bonds is 5. The van der Waals surface area contributed by atoms with Crippen LogP contribution in [0.2, 0.25) is 0 Å². The third-order valence-electron chi connectivity index (χ3n) is 3.57. The number of hydrogen-bond acceptors (Lipinski definition) is 4. The van der Waals surface area contributed by atoms with E-state index in [1.54, 1.807) is 4.90 Å². The van der Waals surface area contributed by atoms with E-state index in [1.165, 1.54) is 7.11 Å². The van der Waals surface area contributed by atoms with Gasteiger partial charge in [-0.3, -0.25) is 14.9 Å². The fraction of sp³-hybridized carbons (Fsp3) is 0.467. The zero-order valence-electron chi connectivity index (χ0n) is 11.8. The van der Waals surface area contributed by atoms with Gasteiger partial charge in [-0.15, -0.1) is 0 Å². The molecular weight excluding hydrogens is 256 g/mol. The highest BCUT2D eigenvalue weighted by molar-refractivity contribution is 5.86. The molecule has 1 aromatic rings. The van der Waals surface area contributed by atoms with Crippen LogP contribution in [0.1, 0.15) is 31.4 Å². The van der Waals surface area contributed by atoms with Crippen LogP contribution >= 0.6 is 0 Å². The Hall–Kier alpha value is -1.88. The smallest absolute Gasteiger partial charge is 0.307 e. The first-order chi connectivity index (χ1) is 9.67. The molecule has 1 heterocycles. The van der Waals surface area contributed by atoms with Crippen molar-refractivity contribution in [1.29, 1.82) is 0 Å². The van der Waals surface area contributed by atoms with E-state index in [4.69, 9.17) is 0 Å². The zero-order valence-corrected chi connectivity index (χ0v) is 11.8. The molecule has 0 spiro atoms. The summed E-state index contributed by atoms with van der Waals surface area (Å²) in [5, 5.41) is 3.32. The third kappa shape index (κ3) is 2.99. The Labute approximate surface area is 118 Å². The van der Waals surface area contributed by atoms with Crippen molar-refractivity contribution in [1.82, 2.24) is 10.2 Å². The quantitative estimate of drug-likeness (QED) is 0.827. The summed E-state index contributed by atoms with van der Waals surface area (Å²) in [6.45, 7) is 2.41. The lowest BCUT2D eigenvalue weighted by Gasteiger charge is -2.22. The number of methoxy groups -OCH3 is 1. The van der Waals surface area contributed by atoms with E-state index in [0.29, 0.717) is 6.54 Å². The van der Waals surface area contributed by atoms with E-state index < -0.39 is 0 Å². The Morgan fingerprint density at radius 1 is 1.35 bits per heavy atom. The predicted molar refractivity (Wildman–Crippen MR) is 74.7 cm³/mol. The molecule has 1 saturated heterocycles. The van der Waals surface area contributed by atoms with Gasteiger partial charge in [0.25, 0.3) is 0 Å².